The topological polar surface area (TPSA) is 102 Å². The van der Waals surface area contributed by atoms with Crippen molar-refractivity contribution in [3.05, 3.63) is 12.2 Å². The van der Waals surface area contributed by atoms with Crippen molar-refractivity contribution >= 4 is 17.9 Å². The number of unbranched alkanes of at least 4 members (excludes halogenated alkanes) is 32. The van der Waals surface area contributed by atoms with E-state index < -0.39 is 18.1 Å². The van der Waals surface area contributed by atoms with Crippen LogP contribution in [0.25, 0.3) is 0 Å². The summed E-state index contributed by atoms with van der Waals surface area (Å²) in [6, 6.07) is -0.722. The summed E-state index contributed by atoms with van der Waals surface area (Å²) < 4.78 is 17.2. The molecule has 0 fully saturated rings. The van der Waals surface area contributed by atoms with Crippen molar-refractivity contribution in [2.45, 2.75) is 270 Å². The van der Waals surface area contributed by atoms with Crippen molar-refractivity contribution in [1.29, 1.82) is 0 Å². The molecule has 0 aliphatic heterocycles. The molecule has 360 valence electrons. The lowest BCUT2D eigenvalue weighted by Crippen LogP contribution is -2.55. The molecule has 0 aromatic rings. The van der Waals surface area contributed by atoms with Gasteiger partial charge in [0.15, 0.2) is 6.10 Å². The van der Waals surface area contributed by atoms with Gasteiger partial charge in [0.25, 0.3) is 0 Å². The molecule has 0 radical (unpaired) electrons. The molecule has 0 aliphatic carbocycles. The smallest absolute Gasteiger partial charge is 0.306 e. The fourth-order valence-corrected chi connectivity index (χ4v) is 8.07. The van der Waals surface area contributed by atoms with Crippen LogP contribution < -0.4 is 5.11 Å². The third kappa shape index (κ3) is 43.1. The lowest BCUT2D eigenvalue weighted by atomic mass is 10.0. The fraction of sp³-hybridized carbons (Fsp3) is 0.906. The Bertz CT molecular complexity index is 1010. The quantitative estimate of drug-likeness (QED) is 0.0260. The third-order valence-electron chi connectivity index (χ3n) is 12.2. The van der Waals surface area contributed by atoms with Gasteiger partial charge in [-0.15, -0.1) is 0 Å². The van der Waals surface area contributed by atoms with E-state index in [9.17, 15) is 19.5 Å². The van der Waals surface area contributed by atoms with Gasteiger partial charge in [0, 0.05) is 19.3 Å². The highest BCUT2D eigenvalue weighted by molar-refractivity contribution is 5.70. The predicted octanol–water partition coefficient (Wildman–Crippen LogP) is 13.7. The lowest BCUT2D eigenvalue weighted by Gasteiger charge is -2.34. The first-order valence-corrected chi connectivity index (χ1v) is 26.2. The Labute approximate surface area is 378 Å². The molecule has 8 heteroatoms. The van der Waals surface area contributed by atoms with Gasteiger partial charge >= 0.3 is 11.9 Å². The molecule has 0 amide bonds. The summed E-state index contributed by atoms with van der Waals surface area (Å²) in [6.07, 6.45) is 49.6. The average Bonchev–Trinajstić information content (AvgIpc) is 3.22. The molecule has 0 aliphatic rings. The minimum atomic E-state index is -1.12. The summed E-state index contributed by atoms with van der Waals surface area (Å²) in [7, 11) is 5.42. The highest BCUT2D eigenvalue weighted by Gasteiger charge is 2.25. The van der Waals surface area contributed by atoms with Gasteiger partial charge in [-0.1, -0.05) is 212 Å². The van der Waals surface area contributed by atoms with Crippen LogP contribution in [0.1, 0.15) is 258 Å². The molecule has 61 heavy (non-hydrogen) atoms. The molecule has 0 aromatic carbocycles. The van der Waals surface area contributed by atoms with Crippen LogP contribution in [0.2, 0.25) is 0 Å². The van der Waals surface area contributed by atoms with Crippen LogP contribution in [0.15, 0.2) is 12.2 Å². The zero-order valence-electron chi connectivity index (χ0n) is 41.1. The first-order chi connectivity index (χ1) is 29.6. The highest BCUT2D eigenvalue weighted by atomic mass is 16.6. The molecule has 0 spiro atoms. The van der Waals surface area contributed by atoms with E-state index >= 15 is 0 Å². The Morgan fingerprint density at radius 3 is 1.18 bits per heavy atom. The largest absolute Gasteiger partial charge is 0.544 e. The summed E-state index contributed by atoms with van der Waals surface area (Å²) in [6.45, 7) is 4.70. The molecule has 2 unspecified atom stereocenters. The maximum atomic E-state index is 12.8. The standard InChI is InChI=1S/C53H101NO7/c1-6-8-10-12-14-16-18-20-22-23-24-25-26-27-28-29-30-32-33-35-37-39-41-43-51(55)60-48-49(47-59-46-45-50(53(57)58)54(3,4)5)61-52(56)44-42-40-38-36-34-31-21-19-17-15-13-11-9-7-2/h27-28,49-50H,6-26,29-48H2,1-5H3/b28-27+. The fourth-order valence-electron chi connectivity index (χ4n) is 8.07. The summed E-state index contributed by atoms with van der Waals surface area (Å²) in [5.74, 6) is -1.72. The Balaban J connectivity index is 4.15. The summed E-state index contributed by atoms with van der Waals surface area (Å²) in [4.78, 5) is 37.0. The van der Waals surface area contributed by atoms with E-state index in [1.807, 2.05) is 21.1 Å². The zero-order valence-corrected chi connectivity index (χ0v) is 41.1. The molecule has 0 heterocycles. The molecule has 0 rings (SSSR count). The summed E-state index contributed by atoms with van der Waals surface area (Å²) in [5, 5.41) is 11.7. The van der Waals surface area contributed by atoms with Crippen LogP contribution in [-0.4, -0.2) is 75.5 Å². The Morgan fingerprint density at radius 1 is 0.475 bits per heavy atom. The van der Waals surface area contributed by atoms with Crippen molar-refractivity contribution in [3.8, 4) is 0 Å². The molecule has 0 saturated heterocycles. The van der Waals surface area contributed by atoms with Crippen molar-refractivity contribution in [2.24, 2.45) is 0 Å². The number of carboxylic acids is 1. The zero-order chi connectivity index (χ0) is 44.9. The Kier molecular flexibility index (Phi) is 43.3. The van der Waals surface area contributed by atoms with Gasteiger partial charge in [-0.3, -0.25) is 9.59 Å². The van der Waals surface area contributed by atoms with Crippen LogP contribution in [-0.2, 0) is 28.6 Å². The minimum absolute atomic E-state index is 0.0455. The molecule has 0 bridgehead atoms. The van der Waals surface area contributed by atoms with E-state index in [0.29, 0.717) is 12.8 Å². The number of allylic oxidation sites excluding steroid dienone is 2. The van der Waals surface area contributed by atoms with Crippen LogP contribution >= 0.6 is 0 Å². The number of quaternary nitrogens is 1. The second-order valence-electron chi connectivity index (χ2n) is 19.1. The number of aliphatic carboxylic acids is 1. The minimum Gasteiger partial charge on any atom is -0.544 e. The first kappa shape index (κ1) is 59.1. The van der Waals surface area contributed by atoms with E-state index in [1.54, 1.807) is 0 Å². The molecular weight excluding hydrogens is 763 g/mol. The number of hydrogen-bond acceptors (Lipinski definition) is 7. The Morgan fingerprint density at radius 2 is 0.820 bits per heavy atom. The van der Waals surface area contributed by atoms with E-state index in [4.69, 9.17) is 14.2 Å². The SMILES string of the molecule is CCCCCCCCCCCCCC/C=C/CCCCCCCCCC(=O)OCC(COCCC(C(=O)[O-])[N+](C)(C)C)OC(=O)CCCCCCCCCCCCCCCC. The van der Waals surface area contributed by atoms with Crippen molar-refractivity contribution in [1.82, 2.24) is 0 Å². The van der Waals surface area contributed by atoms with Crippen LogP contribution in [0.5, 0.6) is 0 Å². The number of carboxylic acid groups (broad SMARTS) is 1. The number of esters is 2. The second-order valence-corrected chi connectivity index (χ2v) is 19.1. The predicted molar refractivity (Wildman–Crippen MR) is 254 cm³/mol. The number of nitrogens with zero attached hydrogens (tertiary/aromatic N) is 1. The van der Waals surface area contributed by atoms with Gasteiger partial charge < -0.3 is 28.6 Å². The van der Waals surface area contributed by atoms with Gasteiger partial charge in [-0.25, -0.2) is 0 Å². The second kappa shape index (κ2) is 44.7. The van der Waals surface area contributed by atoms with E-state index in [0.717, 1.165) is 38.5 Å². The van der Waals surface area contributed by atoms with Crippen molar-refractivity contribution in [2.75, 3.05) is 41.0 Å². The number of hydrogen-bond donors (Lipinski definition) is 0. The Hall–Kier alpha value is -1.93. The van der Waals surface area contributed by atoms with Crippen molar-refractivity contribution < 1.29 is 38.2 Å². The maximum absolute atomic E-state index is 12.8. The van der Waals surface area contributed by atoms with Crippen molar-refractivity contribution in [3.63, 3.8) is 0 Å². The lowest BCUT2D eigenvalue weighted by molar-refractivity contribution is -0.889. The number of likely N-dealkylation sites (N-methyl/N-ethyl adjacent to an activating group) is 1. The summed E-state index contributed by atoms with van der Waals surface area (Å²) >= 11 is 0. The molecule has 0 N–H and O–H groups in total. The van der Waals surface area contributed by atoms with E-state index in [1.165, 1.54) is 186 Å². The number of carbonyl (C=O) groups is 3. The normalized spacial score (nSPS) is 12.9. The maximum Gasteiger partial charge on any atom is 0.306 e. The molecular formula is C53H101NO7. The highest BCUT2D eigenvalue weighted by Crippen LogP contribution is 2.16. The number of carbonyl (C=O) groups excluding carboxylic acids is 3. The van der Waals surface area contributed by atoms with Gasteiger partial charge in [0.2, 0.25) is 0 Å². The molecule has 2 atom stereocenters. The van der Waals surface area contributed by atoms with E-state index in [-0.39, 0.29) is 42.7 Å². The number of ether oxygens (including phenoxy) is 3. The van der Waals surface area contributed by atoms with Gasteiger partial charge in [-0.05, 0) is 38.5 Å². The average molecular weight is 864 g/mol. The molecule has 0 aromatic heterocycles. The third-order valence-corrected chi connectivity index (χ3v) is 12.2. The molecule has 0 saturated carbocycles. The monoisotopic (exact) mass is 864 g/mol. The van der Waals surface area contributed by atoms with Crippen LogP contribution in [0.3, 0.4) is 0 Å². The molecule has 8 nitrogen and oxygen atoms in total. The summed E-state index contributed by atoms with van der Waals surface area (Å²) in [5.41, 5.74) is 0. The van der Waals surface area contributed by atoms with Gasteiger partial charge in [-0.2, -0.15) is 0 Å². The first-order valence-electron chi connectivity index (χ1n) is 26.2. The number of rotatable bonds is 48. The van der Waals surface area contributed by atoms with Crippen LogP contribution in [0.4, 0.5) is 0 Å². The van der Waals surface area contributed by atoms with Gasteiger partial charge in [0.05, 0.1) is 40.3 Å². The van der Waals surface area contributed by atoms with Gasteiger partial charge in [0.1, 0.15) is 12.6 Å². The van der Waals surface area contributed by atoms with E-state index in [2.05, 4.69) is 26.0 Å². The van der Waals surface area contributed by atoms with Crippen LogP contribution in [0, 0.1) is 0 Å².